The Morgan fingerprint density at radius 1 is 1.30 bits per heavy atom. The second kappa shape index (κ2) is 11.2. The molecule has 2 aliphatic rings. The van der Waals surface area contributed by atoms with Crippen molar-refractivity contribution in [2.75, 3.05) is 19.8 Å². The molecule has 0 bridgehead atoms. The summed E-state index contributed by atoms with van der Waals surface area (Å²) in [5.74, 6) is 1.12. The zero-order valence-electron chi connectivity index (χ0n) is 18.0. The van der Waals surface area contributed by atoms with Crippen LogP contribution in [0.4, 0.5) is 0 Å². The summed E-state index contributed by atoms with van der Waals surface area (Å²) in [6.07, 6.45) is 3.88. The molecule has 0 unspecified atom stereocenters. The highest BCUT2D eigenvalue weighted by atomic mass is 79.9. The molecular weight excluding hydrogens is 546 g/mol. The molecule has 0 saturated carbocycles. The number of hydrogen-bond donors (Lipinski definition) is 0. The largest absolute Gasteiger partial charge is 0.490 e. The van der Waals surface area contributed by atoms with Gasteiger partial charge in [0.05, 0.1) is 28.6 Å². The van der Waals surface area contributed by atoms with Gasteiger partial charge in [0.2, 0.25) is 0 Å². The molecule has 9 heteroatoms. The van der Waals surface area contributed by atoms with E-state index in [-0.39, 0.29) is 12.0 Å². The number of amides is 1. The summed E-state index contributed by atoms with van der Waals surface area (Å²) < 4.78 is 18.9. The molecule has 0 radical (unpaired) electrons. The number of carbonyl (C=O) groups excluding carboxylic acids is 1. The summed E-state index contributed by atoms with van der Waals surface area (Å²) in [5.41, 5.74) is 1.81. The Hall–Kier alpha value is -1.58. The number of thiocarbonyl (C=S) groups is 1. The third-order valence-electron chi connectivity index (χ3n) is 5.21. The first kappa shape index (κ1) is 24.5. The van der Waals surface area contributed by atoms with E-state index in [1.165, 1.54) is 11.8 Å². The monoisotopic (exact) mass is 567 g/mol. The van der Waals surface area contributed by atoms with Crippen LogP contribution in [-0.4, -0.2) is 41.0 Å². The van der Waals surface area contributed by atoms with E-state index in [9.17, 15) is 4.79 Å². The molecule has 2 aromatic carbocycles. The van der Waals surface area contributed by atoms with Crippen LogP contribution in [-0.2, 0) is 16.1 Å². The number of nitrogens with zero attached hydrogens (tertiary/aromatic N) is 1. The molecular formula is C24H23BrClNO4S2. The lowest BCUT2D eigenvalue weighted by Crippen LogP contribution is -2.35. The van der Waals surface area contributed by atoms with E-state index < -0.39 is 0 Å². The van der Waals surface area contributed by atoms with Crippen molar-refractivity contribution in [3.05, 3.63) is 61.9 Å². The van der Waals surface area contributed by atoms with E-state index in [0.29, 0.717) is 45.5 Å². The molecule has 2 saturated heterocycles. The molecule has 1 amide bonds. The van der Waals surface area contributed by atoms with E-state index in [2.05, 4.69) is 15.9 Å². The number of thioether (sulfide) groups is 1. The second-order valence-corrected chi connectivity index (χ2v) is 10.6. The summed E-state index contributed by atoms with van der Waals surface area (Å²) in [6, 6.07) is 11.3. The number of carbonyl (C=O) groups is 1. The van der Waals surface area contributed by atoms with Crippen LogP contribution in [0.25, 0.3) is 6.08 Å². The maximum absolute atomic E-state index is 13.0. The van der Waals surface area contributed by atoms with Crippen molar-refractivity contribution in [3.63, 3.8) is 0 Å². The van der Waals surface area contributed by atoms with Gasteiger partial charge in [-0.2, -0.15) is 0 Å². The molecule has 2 aromatic rings. The van der Waals surface area contributed by atoms with Crippen LogP contribution >= 0.6 is 51.5 Å². The first-order valence-electron chi connectivity index (χ1n) is 10.6. The molecule has 0 N–H and O–H groups in total. The Morgan fingerprint density at radius 2 is 2.09 bits per heavy atom. The predicted octanol–water partition coefficient (Wildman–Crippen LogP) is 6.46. The Kier molecular flexibility index (Phi) is 8.35. The molecule has 5 nitrogen and oxygen atoms in total. The van der Waals surface area contributed by atoms with Crippen molar-refractivity contribution >= 4 is 67.8 Å². The quantitative estimate of drug-likeness (QED) is 0.269. The second-order valence-electron chi connectivity index (χ2n) is 7.61. The normalized spacial score (nSPS) is 19.5. The van der Waals surface area contributed by atoms with Crippen LogP contribution in [0.3, 0.4) is 0 Å². The molecule has 2 fully saturated rings. The van der Waals surface area contributed by atoms with E-state index in [1.807, 2.05) is 49.4 Å². The van der Waals surface area contributed by atoms with Gasteiger partial charge in [-0.3, -0.25) is 9.69 Å². The molecule has 33 heavy (non-hydrogen) atoms. The first-order chi connectivity index (χ1) is 15.9. The molecule has 0 spiro atoms. The highest BCUT2D eigenvalue weighted by Gasteiger charge is 2.34. The van der Waals surface area contributed by atoms with Crippen LogP contribution in [0, 0.1) is 0 Å². The smallest absolute Gasteiger partial charge is 0.266 e. The molecule has 2 heterocycles. The van der Waals surface area contributed by atoms with Gasteiger partial charge in [0.25, 0.3) is 5.91 Å². The van der Waals surface area contributed by atoms with E-state index in [1.54, 1.807) is 4.90 Å². The third-order valence-corrected chi connectivity index (χ3v) is 7.43. The Bertz CT molecular complexity index is 1070. The van der Waals surface area contributed by atoms with Crippen molar-refractivity contribution in [1.82, 2.24) is 4.90 Å². The minimum Gasteiger partial charge on any atom is -0.490 e. The Balaban J connectivity index is 1.52. The molecule has 2 aliphatic heterocycles. The van der Waals surface area contributed by atoms with Crippen molar-refractivity contribution in [2.24, 2.45) is 0 Å². The van der Waals surface area contributed by atoms with Crippen molar-refractivity contribution in [2.45, 2.75) is 32.5 Å². The lowest BCUT2D eigenvalue weighted by molar-refractivity contribution is -0.123. The highest BCUT2D eigenvalue weighted by molar-refractivity contribution is 9.10. The number of benzene rings is 2. The van der Waals surface area contributed by atoms with Gasteiger partial charge in [-0.15, -0.1) is 0 Å². The summed E-state index contributed by atoms with van der Waals surface area (Å²) in [6.45, 7) is 4.02. The zero-order valence-corrected chi connectivity index (χ0v) is 22.0. The van der Waals surface area contributed by atoms with Gasteiger partial charge in [-0.1, -0.05) is 47.7 Å². The van der Waals surface area contributed by atoms with Gasteiger partial charge in [-0.25, -0.2) is 0 Å². The van der Waals surface area contributed by atoms with Gasteiger partial charge in [-0.05, 0) is 77.2 Å². The topological polar surface area (TPSA) is 48.0 Å². The first-order valence-corrected chi connectivity index (χ1v) is 13.0. The average molecular weight is 569 g/mol. The highest BCUT2D eigenvalue weighted by Crippen LogP contribution is 2.40. The predicted molar refractivity (Wildman–Crippen MR) is 140 cm³/mol. The number of hydrogen-bond acceptors (Lipinski definition) is 6. The standard InChI is InChI=1S/C24H23BrClNO4S2/c1-2-29-20-11-16(10-19(25)22(20)31-14-15-5-7-17(26)8-6-15)12-21-23(28)27(24(32)33-21)13-18-4-3-9-30-18/h5-8,10-12,18H,2-4,9,13-14H2,1H3/b21-12-/t18-/m1/s1. The third kappa shape index (κ3) is 6.11. The summed E-state index contributed by atoms with van der Waals surface area (Å²) in [4.78, 5) is 15.2. The lowest BCUT2D eigenvalue weighted by atomic mass is 10.1. The molecule has 4 rings (SSSR count). The van der Waals surface area contributed by atoms with Gasteiger partial charge in [0, 0.05) is 11.6 Å². The van der Waals surface area contributed by atoms with Crippen LogP contribution in [0.1, 0.15) is 30.9 Å². The molecule has 174 valence electrons. The van der Waals surface area contributed by atoms with E-state index >= 15 is 0 Å². The minimum atomic E-state index is -0.0855. The van der Waals surface area contributed by atoms with Gasteiger partial charge in [0.1, 0.15) is 10.9 Å². The summed E-state index contributed by atoms with van der Waals surface area (Å²) in [5, 5.41) is 0.681. The molecule has 1 atom stereocenters. The van der Waals surface area contributed by atoms with Crippen LogP contribution in [0.2, 0.25) is 5.02 Å². The van der Waals surface area contributed by atoms with Crippen molar-refractivity contribution in [1.29, 1.82) is 0 Å². The molecule has 0 aliphatic carbocycles. The summed E-state index contributed by atoms with van der Waals surface area (Å²) >= 11 is 16.3. The SMILES string of the molecule is CCOc1cc(/C=C2\SC(=S)N(C[C@H]3CCCO3)C2=O)cc(Br)c1OCc1ccc(Cl)cc1. The number of rotatable bonds is 8. The Morgan fingerprint density at radius 3 is 2.79 bits per heavy atom. The maximum Gasteiger partial charge on any atom is 0.266 e. The summed E-state index contributed by atoms with van der Waals surface area (Å²) in [7, 11) is 0. The lowest BCUT2D eigenvalue weighted by Gasteiger charge is -2.18. The van der Waals surface area contributed by atoms with Crippen LogP contribution < -0.4 is 9.47 Å². The fourth-order valence-electron chi connectivity index (χ4n) is 3.61. The van der Waals surface area contributed by atoms with E-state index in [0.717, 1.165) is 35.0 Å². The zero-order chi connectivity index (χ0) is 23.4. The number of ether oxygens (including phenoxy) is 3. The number of halogens is 2. The minimum absolute atomic E-state index is 0.0580. The fraction of sp³-hybridized carbons (Fsp3) is 0.333. The van der Waals surface area contributed by atoms with Gasteiger partial charge in [0.15, 0.2) is 11.5 Å². The molecule has 0 aromatic heterocycles. The Labute approximate surface area is 216 Å². The average Bonchev–Trinajstić information content (AvgIpc) is 3.39. The van der Waals surface area contributed by atoms with Crippen LogP contribution in [0.5, 0.6) is 11.5 Å². The van der Waals surface area contributed by atoms with E-state index in [4.69, 9.17) is 38.0 Å². The van der Waals surface area contributed by atoms with Crippen LogP contribution in [0.15, 0.2) is 45.8 Å². The van der Waals surface area contributed by atoms with Gasteiger partial charge < -0.3 is 14.2 Å². The maximum atomic E-state index is 13.0. The van der Waals surface area contributed by atoms with Crippen molar-refractivity contribution in [3.8, 4) is 11.5 Å². The van der Waals surface area contributed by atoms with Crippen molar-refractivity contribution < 1.29 is 19.0 Å². The fourth-order valence-corrected chi connectivity index (χ4v) is 5.59. The van der Waals surface area contributed by atoms with Gasteiger partial charge >= 0.3 is 0 Å².